The molecule has 8 heteroatoms. The lowest BCUT2D eigenvalue weighted by atomic mass is 10.0. The van der Waals surface area contributed by atoms with Gasteiger partial charge in [-0.25, -0.2) is 0 Å². The number of nitrogens with two attached hydrogens (primary N) is 2. The molecule has 0 radical (unpaired) electrons. The van der Waals surface area contributed by atoms with Crippen molar-refractivity contribution in [3.05, 3.63) is 29.8 Å². The van der Waals surface area contributed by atoms with Crippen LogP contribution in [0.2, 0.25) is 0 Å². The molecule has 25 heavy (non-hydrogen) atoms. The van der Waals surface area contributed by atoms with E-state index in [-0.39, 0.29) is 18.1 Å². The van der Waals surface area contributed by atoms with Gasteiger partial charge < -0.3 is 16.8 Å². The maximum Gasteiger partial charge on any atom is 0.240 e. The van der Waals surface area contributed by atoms with Crippen LogP contribution in [-0.4, -0.2) is 49.4 Å². The number of likely N-dealkylation sites (N-methyl/N-ethyl adjacent to an activating group) is 1. The highest BCUT2D eigenvalue weighted by Crippen LogP contribution is 2.19. The number of amides is 2. The maximum atomic E-state index is 12.6. The fourth-order valence-corrected chi connectivity index (χ4v) is 2.70. The van der Waals surface area contributed by atoms with Crippen LogP contribution in [-0.2, 0) is 16.0 Å². The Hall–Kier alpha value is -1.64. The number of primary amides is 1. The van der Waals surface area contributed by atoms with E-state index in [0.717, 1.165) is 18.4 Å². The number of unbranched alkanes of at least 4 members (excludes halogenated alkanes) is 1. The van der Waals surface area contributed by atoms with E-state index in [0.29, 0.717) is 24.3 Å². The van der Waals surface area contributed by atoms with E-state index in [2.05, 4.69) is 5.32 Å². The van der Waals surface area contributed by atoms with Crippen molar-refractivity contribution in [3.8, 4) is 0 Å². The second kappa shape index (κ2) is 11.1. The third-order valence-electron chi connectivity index (χ3n) is 3.97. The van der Waals surface area contributed by atoms with Crippen molar-refractivity contribution in [1.82, 2.24) is 10.2 Å². The van der Waals surface area contributed by atoms with E-state index in [9.17, 15) is 13.5 Å². The molecule has 5 N–H and O–H groups in total. The highest BCUT2D eigenvalue weighted by Gasteiger charge is 2.25. The number of hydrogen-bond acceptors (Lipinski definition) is 5. The molecule has 0 aliphatic rings. The Morgan fingerprint density at radius 1 is 1.24 bits per heavy atom. The molecule has 0 bridgehead atoms. The predicted octanol–water partition coefficient (Wildman–Crippen LogP) is 1.24. The largest absolute Gasteiger partial charge is 0.368 e. The summed E-state index contributed by atoms with van der Waals surface area (Å²) in [5.41, 5.74) is 11.8. The first-order chi connectivity index (χ1) is 11.9. The molecule has 6 nitrogen and oxygen atoms in total. The van der Waals surface area contributed by atoms with Gasteiger partial charge in [-0.15, -0.1) is 0 Å². The number of hydrogen-bond donors (Lipinski definition) is 3. The molecule has 0 aliphatic carbocycles. The summed E-state index contributed by atoms with van der Waals surface area (Å²) in [7, 11) is 3.59. The minimum Gasteiger partial charge on any atom is -0.368 e. The van der Waals surface area contributed by atoms with Crippen LogP contribution in [0.4, 0.5) is 3.89 Å². The monoisotopic (exact) mass is 370 g/mol. The van der Waals surface area contributed by atoms with E-state index in [1.54, 1.807) is 43.3 Å². The Morgan fingerprint density at radius 3 is 2.36 bits per heavy atom. The predicted molar refractivity (Wildman–Crippen MR) is 98.6 cm³/mol. The summed E-state index contributed by atoms with van der Waals surface area (Å²) < 4.78 is 12.5. The van der Waals surface area contributed by atoms with Crippen LogP contribution in [0.5, 0.6) is 0 Å². The maximum absolute atomic E-state index is 12.6. The smallest absolute Gasteiger partial charge is 0.240 e. The molecule has 0 saturated carbocycles. The van der Waals surface area contributed by atoms with Gasteiger partial charge in [0.1, 0.15) is 6.04 Å². The van der Waals surface area contributed by atoms with Crippen molar-refractivity contribution in [3.63, 3.8) is 0 Å². The number of carbonyl (C=O) groups excluding carboxylic acids is 2. The van der Waals surface area contributed by atoms with Gasteiger partial charge in [-0.05, 0) is 64.0 Å². The minimum absolute atomic E-state index is 0.180. The first kappa shape index (κ1) is 21.4. The van der Waals surface area contributed by atoms with Crippen LogP contribution < -0.4 is 16.8 Å². The molecule has 2 unspecified atom stereocenters. The van der Waals surface area contributed by atoms with E-state index in [1.807, 2.05) is 0 Å². The van der Waals surface area contributed by atoms with Crippen LogP contribution in [0, 0.1) is 0 Å². The average Bonchev–Trinajstić information content (AvgIpc) is 2.58. The molecule has 0 aliphatic heterocycles. The number of halogens is 1. The van der Waals surface area contributed by atoms with Crippen LogP contribution in [0.3, 0.4) is 0 Å². The fraction of sp³-hybridized carbons (Fsp3) is 0.529. The zero-order chi connectivity index (χ0) is 18.8. The number of carbonyl (C=O) groups is 2. The Labute approximate surface area is 152 Å². The molecule has 0 heterocycles. The van der Waals surface area contributed by atoms with E-state index in [4.69, 9.17) is 11.5 Å². The standard InChI is InChI=1S/C17H27FN4O2S/c1-22(2)15(11-12-6-8-13(25-18)9-7-12)17(24)21-14(16(20)23)5-3-4-10-19/h6-9,14-15H,3-5,10-11,19H2,1-2H3,(H2,20,23)(H,21,24). The van der Waals surface area contributed by atoms with Crippen molar-refractivity contribution in [2.75, 3.05) is 20.6 Å². The van der Waals surface area contributed by atoms with Gasteiger partial charge in [0.25, 0.3) is 0 Å². The summed E-state index contributed by atoms with van der Waals surface area (Å²) in [5, 5.41) is 2.74. The molecular weight excluding hydrogens is 343 g/mol. The van der Waals surface area contributed by atoms with Gasteiger partial charge in [0.2, 0.25) is 11.8 Å². The molecule has 0 aromatic heterocycles. The summed E-state index contributed by atoms with van der Waals surface area (Å²) in [6.45, 7) is 0.535. The molecule has 1 aromatic rings. The van der Waals surface area contributed by atoms with Crippen molar-refractivity contribution in [2.24, 2.45) is 11.5 Å². The van der Waals surface area contributed by atoms with Crippen LogP contribution in [0.15, 0.2) is 29.2 Å². The molecule has 0 spiro atoms. The highest BCUT2D eigenvalue weighted by molar-refractivity contribution is 7.94. The van der Waals surface area contributed by atoms with Gasteiger partial charge in [-0.1, -0.05) is 12.1 Å². The molecule has 1 aromatic carbocycles. The Balaban J connectivity index is 2.74. The first-order valence-electron chi connectivity index (χ1n) is 8.22. The Bertz CT molecular complexity index is 554. The molecule has 0 saturated heterocycles. The normalized spacial score (nSPS) is 13.5. The van der Waals surface area contributed by atoms with Gasteiger partial charge in [0.05, 0.1) is 18.2 Å². The van der Waals surface area contributed by atoms with Crippen molar-refractivity contribution in [2.45, 2.75) is 42.7 Å². The number of nitrogens with zero attached hydrogens (tertiary/aromatic N) is 1. The first-order valence-corrected chi connectivity index (χ1v) is 8.94. The highest BCUT2D eigenvalue weighted by atomic mass is 32.2. The molecular formula is C17H27FN4O2S. The van der Waals surface area contributed by atoms with Crippen molar-refractivity contribution in [1.29, 1.82) is 0 Å². The number of rotatable bonds is 11. The number of benzene rings is 1. The van der Waals surface area contributed by atoms with Crippen molar-refractivity contribution >= 4 is 24.0 Å². The van der Waals surface area contributed by atoms with Crippen LogP contribution in [0.25, 0.3) is 0 Å². The second-order valence-electron chi connectivity index (χ2n) is 6.15. The summed E-state index contributed by atoms with van der Waals surface area (Å²) in [6, 6.07) is 5.76. The average molecular weight is 370 g/mol. The summed E-state index contributed by atoms with van der Waals surface area (Å²) in [5.74, 6) is -0.808. The van der Waals surface area contributed by atoms with Gasteiger partial charge in [0.15, 0.2) is 0 Å². The summed E-state index contributed by atoms with van der Waals surface area (Å²) in [6.07, 6.45) is 2.42. The summed E-state index contributed by atoms with van der Waals surface area (Å²) in [4.78, 5) is 26.5. The fourth-order valence-electron chi connectivity index (χ4n) is 2.46. The number of nitrogens with one attached hydrogen (secondary N) is 1. The van der Waals surface area contributed by atoms with E-state index >= 15 is 0 Å². The Morgan fingerprint density at radius 2 is 1.88 bits per heavy atom. The van der Waals surface area contributed by atoms with Gasteiger partial charge in [-0.2, -0.15) is 3.89 Å². The Kier molecular flexibility index (Phi) is 9.48. The van der Waals surface area contributed by atoms with E-state index < -0.39 is 18.0 Å². The topological polar surface area (TPSA) is 101 Å². The van der Waals surface area contributed by atoms with Gasteiger partial charge >= 0.3 is 0 Å². The molecule has 0 fully saturated rings. The third-order valence-corrected chi connectivity index (χ3v) is 4.42. The summed E-state index contributed by atoms with van der Waals surface area (Å²) >= 11 is 0.180. The second-order valence-corrected chi connectivity index (χ2v) is 6.78. The minimum atomic E-state index is -0.702. The lowest BCUT2D eigenvalue weighted by Crippen LogP contribution is -2.52. The molecule has 140 valence electrons. The SMILES string of the molecule is CN(C)C(Cc1ccc(SF)cc1)C(=O)NC(CCCCN)C(N)=O. The third kappa shape index (κ3) is 7.41. The molecule has 1 rings (SSSR count). The zero-order valence-electron chi connectivity index (χ0n) is 14.7. The molecule has 2 atom stereocenters. The van der Waals surface area contributed by atoms with Crippen LogP contribution >= 0.6 is 12.1 Å². The van der Waals surface area contributed by atoms with Gasteiger partial charge in [-0.3, -0.25) is 14.5 Å². The van der Waals surface area contributed by atoms with Crippen LogP contribution in [0.1, 0.15) is 24.8 Å². The van der Waals surface area contributed by atoms with Gasteiger partial charge in [0, 0.05) is 4.90 Å². The quantitative estimate of drug-likeness (QED) is 0.509. The zero-order valence-corrected chi connectivity index (χ0v) is 15.5. The lowest BCUT2D eigenvalue weighted by Gasteiger charge is -2.26. The van der Waals surface area contributed by atoms with E-state index in [1.165, 1.54) is 0 Å². The lowest BCUT2D eigenvalue weighted by molar-refractivity contribution is -0.130. The van der Waals surface area contributed by atoms with Crippen molar-refractivity contribution < 1.29 is 13.5 Å². The molecule has 2 amide bonds.